The van der Waals surface area contributed by atoms with Gasteiger partial charge in [0.25, 0.3) is 0 Å². The molecule has 0 spiro atoms. The maximum absolute atomic E-state index is 5.92. The number of hydrogen-bond acceptors (Lipinski definition) is 3. The minimum atomic E-state index is 0.698. The lowest BCUT2D eigenvalue weighted by Gasteiger charge is -2.22. The summed E-state index contributed by atoms with van der Waals surface area (Å²) in [5.74, 6) is 2.60. The Morgan fingerprint density at radius 3 is 2.35 bits per heavy atom. The molecule has 2 saturated carbocycles. The minimum Gasteiger partial charge on any atom is -0.383 e. The van der Waals surface area contributed by atoms with Gasteiger partial charge in [0.1, 0.15) is 5.82 Å². The van der Waals surface area contributed by atoms with E-state index >= 15 is 0 Å². The Morgan fingerprint density at radius 2 is 1.82 bits per heavy atom. The molecule has 0 aromatic carbocycles. The van der Waals surface area contributed by atoms with Crippen LogP contribution in [0.25, 0.3) is 0 Å². The van der Waals surface area contributed by atoms with Gasteiger partial charge in [-0.3, -0.25) is 4.90 Å². The first-order valence-corrected chi connectivity index (χ1v) is 6.73. The van der Waals surface area contributed by atoms with E-state index in [2.05, 4.69) is 16.0 Å². The van der Waals surface area contributed by atoms with E-state index in [1.165, 1.54) is 44.3 Å². The molecule has 1 aromatic heterocycles. The number of anilines is 1. The fraction of sp³-hybridized carbons (Fsp3) is 0.643. The molecule has 2 N–H and O–H groups in total. The second kappa shape index (κ2) is 4.65. The van der Waals surface area contributed by atoms with Crippen molar-refractivity contribution < 1.29 is 0 Å². The normalized spacial score (nSPS) is 19.8. The summed E-state index contributed by atoms with van der Waals surface area (Å²) in [7, 11) is 0. The van der Waals surface area contributed by atoms with E-state index in [4.69, 9.17) is 5.73 Å². The smallest absolute Gasteiger partial charge is 0.127 e. The molecule has 0 aliphatic heterocycles. The van der Waals surface area contributed by atoms with Crippen molar-refractivity contribution in [3.05, 3.63) is 23.9 Å². The van der Waals surface area contributed by atoms with Crippen LogP contribution in [0.2, 0.25) is 0 Å². The molecule has 0 radical (unpaired) electrons. The molecule has 2 aliphatic carbocycles. The summed E-state index contributed by atoms with van der Waals surface area (Å²) in [6.45, 7) is 3.49. The number of aromatic nitrogens is 1. The van der Waals surface area contributed by atoms with Gasteiger partial charge in [0.15, 0.2) is 0 Å². The average molecular weight is 231 g/mol. The van der Waals surface area contributed by atoms with Crippen LogP contribution in [0, 0.1) is 11.8 Å². The van der Waals surface area contributed by atoms with Gasteiger partial charge >= 0.3 is 0 Å². The van der Waals surface area contributed by atoms with Crippen LogP contribution < -0.4 is 5.73 Å². The SMILES string of the molecule is Nc1ncccc1CN(CC1CC1)CC1CC1. The third-order valence-corrected chi connectivity index (χ3v) is 3.75. The van der Waals surface area contributed by atoms with E-state index in [1.54, 1.807) is 6.20 Å². The van der Waals surface area contributed by atoms with Gasteiger partial charge in [-0.1, -0.05) is 6.07 Å². The first-order chi connectivity index (χ1) is 8.31. The first kappa shape index (κ1) is 11.0. The monoisotopic (exact) mass is 231 g/mol. The van der Waals surface area contributed by atoms with Gasteiger partial charge < -0.3 is 5.73 Å². The maximum Gasteiger partial charge on any atom is 0.127 e. The van der Waals surface area contributed by atoms with Crippen molar-refractivity contribution >= 4 is 5.82 Å². The molecule has 3 nitrogen and oxygen atoms in total. The first-order valence-electron chi connectivity index (χ1n) is 6.73. The van der Waals surface area contributed by atoms with E-state index in [0.29, 0.717) is 5.82 Å². The average Bonchev–Trinajstić information content (AvgIpc) is 3.17. The second-order valence-corrected chi connectivity index (χ2v) is 5.63. The Hall–Kier alpha value is -1.09. The second-order valence-electron chi connectivity index (χ2n) is 5.63. The Bertz CT molecular complexity index is 369. The van der Waals surface area contributed by atoms with Crippen LogP contribution in [-0.4, -0.2) is 23.0 Å². The summed E-state index contributed by atoms with van der Waals surface area (Å²) in [6.07, 6.45) is 7.45. The van der Waals surface area contributed by atoms with Gasteiger partial charge in [-0.2, -0.15) is 0 Å². The quantitative estimate of drug-likeness (QED) is 0.816. The number of nitrogen functional groups attached to an aromatic ring is 1. The Morgan fingerprint density at radius 1 is 1.18 bits per heavy atom. The Labute approximate surface area is 103 Å². The zero-order valence-electron chi connectivity index (χ0n) is 10.3. The highest BCUT2D eigenvalue weighted by atomic mass is 15.1. The van der Waals surface area contributed by atoms with Crippen LogP contribution >= 0.6 is 0 Å². The molecular formula is C14H21N3. The number of pyridine rings is 1. The van der Waals surface area contributed by atoms with Crippen molar-refractivity contribution in [2.24, 2.45) is 11.8 Å². The molecule has 0 amide bonds. The van der Waals surface area contributed by atoms with E-state index < -0.39 is 0 Å². The zero-order chi connectivity index (χ0) is 11.7. The fourth-order valence-electron chi connectivity index (χ4n) is 2.36. The van der Waals surface area contributed by atoms with Crippen molar-refractivity contribution in [3.8, 4) is 0 Å². The van der Waals surface area contributed by atoms with Gasteiger partial charge in [0, 0.05) is 31.4 Å². The summed E-state index contributed by atoms with van der Waals surface area (Å²) >= 11 is 0. The van der Waals surface area contributed by atoms with E-state index in [1.807, 2.05) is 6.07 Å². The van der Waals surface area contributed by atoms with Gasteiger partial charge in [0.05, 0.1) is 0 Å². The zero-order valence-corrected chi connectivity index (χ0v) is 10.3. The predicted octanol–water partition coefficient (Wildman–Crippen LogP) is 2.29. The maximum atomic E-state index is 5.92. The molecular weight excluding hydrogens is 210 g/mol. The lowest BCUT2D eigenvalue weighted by molar-refractivity contribution is 0.244. The van der Waals surface area contributed by atoms with E-state index in [9.17, 15) is 0 Å². The van der Waals surface area contributed by atoms with Crippen LogP contribution in [0.3, 0.4) is 0 Å². The molecule has 0 saturated heterocycles. The number of nitrogens with zero attached hydrogens (tertiary/aromatic N) is 2. The fourth-order valence-corrected chi connectivity index (χ4v) is 2.36. The topological polar surface area (TPSA) is 42.1 Å². The molecule has 1 aromatic rings. The largest absolute Gasteiger partial charge is 0.383 e. The Balaban J connectivity index is 1.63. The van der Waals surface area contributed by atoms with Crippen LogP contribution in [-0.2, 0) is 6.54 Å². The summed E-state index contributed by atoms with van der Waals surface area (Å²) < 4.78 is 0. The number of nitrogens with two attached hydrogens (primary N) is 1. The highest BCUT2D eigenvalue weighted by Gasteiger charge is 2.29. The Kier molecular flexibility index (Phi) is 3.02. The van der Waals surface area contributed by atoms with Crippen LogP contribution in [0.4, 0.5) is 5.82 Å². The van der Waals surface area contributed by atoms with Gasteiger partial charge in [0.2, 0.25) is 0 Å². The van der Waals surface area contributed by atoms with Crippen molar-refractivity contribution in [2.45, 2.75) is 32.2 Å². The standard InChI is InChI=1S/C14H21N3/c15-14-13(2-1-7-16-14)10-17(8-11-3-4-11)9-12-5-6-12/h1-2,7,11-12H,3-6,8-10H2,(H2,15,16). The number of hydrogen-bond donors (Lipinski definition) is 1. The summed E-state index contributed by atoms with van der Waals surface area (Å²) in [5, 5.41) is 0. The van der Waals surface area contributed by atoms with E-state index in [0.717, 1.165) is 18.4 Å². The van der Waals surface area contributed by atoms with Gasteiger partial charge in [-0.25, -0.2) is 4.98 Å². The molecule has 0 unspecified atom stereocenters. The lowest BCUT2D eigenvalue weighted by Crippen LogP contribution is -2.28. The third-order valence-electron chi connectivity index (χ3n) is 3.75. The van der Waals surface area contributed by atoms with Gasteiger partial charge in [-0.05, 0) is 43.6 Å². The van der Waals surface area contributed by atoms with E-state index in [-0.39, 0.29) is 0 Å². The third kappa shape index (κ3) is 3.19. The molecule has 2 fully saturated rings. The molecule has 1 heterocycles. The highest BCUT2D eigenvalue weighted by Crippen LogP contribution is 2.34. The molecule has 3 heteroatoms. The van der Waals surface area contributed by atoms with Crippen LogP contribution in [0.15, 0.2) is 18.3 Å². The molecule has 2 aliphatic rings. The molecule has 0 bridgehead atoms. The van der Waals surface area contributed by atoms with Crippen molar-refractivity contribution in [2.75, 3.05) is 18.8 Å². The molecule has 3 rings (SSSR count). The van der Waals surface area contributed by atoms with Crippen LogP contribution in [0.1, 0.15) is 31.2 Å². The molecule has 0 atom stereocenters. The van der Waals surface area contributed by atoms with Crippen molar-refractivity contribution in [1.29, 1.82) is 0 Å². The van der Waals surface area contributed by atoms with Gasteiger partial charge in [-0.15, -0.1) is 0 Å². The minimum absolute atomic E-state index is 0.698. The predicted molar refractivity (Wildman–Crippen MR) is 69.4 cm³/mol. The van der Waals surface area contributed by atoms with Crippen molar-refractivity contribution in [1.82, 2.24) is 9.88 Å². The molecule has 92 valence electrons. The molecule has 17 heavy (non-hydrogen) atoms. The lowest BCUT2D eigenvalue weighted by atomic mass is 10.2. The summed E-state index contributed by atoms with van der Waals surface area (Å²) in [5.41, 5.74) is 7.11. The summed E-state index contributed by atoms with van der Waals surface area (Å²) in [6, 6.07) is 4.09. The van der Waals surface area contributed by atoms with Crippen LogP contribution in [0.5, 0.6) is 0 Å². The summed E-state index contributed by atoms with van der Waals surface area (Å²) in [4.78, 5) is 6.76. The highest BCUT2D eigenvalue weighted by molar-refractivity contribution is 5.38. The van der Waals surface area contributed by atoms with Crippen molar-refractivity contribution in [3.63, 3.8) is 0 Å². The number of rotatable bonds is 6.